The molecule has 0 aliphatic carbocycles. The van der Waals surface area contributed by atoms with E-state index in [1.807, 2.05) is 19.1 Å². The second-order valence-corrected chi connectivity index (χ2v) is 13.4. The van der Waals surface area contributed by atoms with Gasteiger partial charge < -0.3 is 20.1 Å². The summed E-state index contributed by atoms with van der Waals surface area (Å²) in [6.07, 6.45) is 21.8. The van der Waals surface area contributed by atoms with Gasteiger partial charge in [-0.3, -0.25) is 9.05 Å². The summed E-state index contributed by atoms with van der Waals surface area (Å²) >= 11 is 0. The Morgan fingerprint density at radius 3 is 2.24 bits per heavy atom. The van der Waals surface area contributed by atoms with E-state index in [-0.39, 0.29) is 19.3 Å². The third-order valence-corrected chi connectivity index (χ3v) is 9.03. The fraction of sp³-hybridized carbons (Fsp3) is 0.806. The van der Waals surface area contributed by atoms with Gasteiger partial charge in [0.1, 0.15) is 17.9 Å². The van der Waals surface area contributed by atoms with Crippen molar-refractivity contribution in [2.24, 2.45) is 0 Å². The van der Waals surface area contributed by atoms with Crippen molar-refractivity contribution in [2.45, 2.75) is 135 Å². The van der Waals surface area contributed by atoms with Crippen LogP contribution in [-0.4, -0.2) is 51.5 Å². The molecule has 0 saturated carbocycles. The van der Waals surface area contributed by atoms with Gasteiger partial charge in [0, 0.05) is 13.2 Å². The summed E-state index contributed by atoms with van der Waals surface area (Å²) in [4.78, 5) is 14.1. The van der Waals surface area contributed by atoms with E-state index in [1.165, 1.54) is 89.8 Å². The average molecular weight is 611 g/mol. The number of phosphoric ester groups is 1. The van der Waals surface area contributed by atoms with Crippen LogP contribution in [0.15, 0.2) is 18.5 Å². The molecule has 0 amide bonds. The molecule has 0 aromatic carbocycles. The Kier molecular flexibility index (Phi) is 15.8. The van der Waals surface area contributed by atoms with Gasteiger partial charge in [-0.2, -0.15) is 5.10 Å². The van der Waals surface area contributed by atoms with Gasteiger partial charge in [-0.1, -0.05) is 90.4 Å². The SMILES string of the molecule is CCCCCCCCCCCCCCCCOCCCOP(=O)(O)OC[C@]1(C)CC[C@H](c2ccc3c(N)ncnn23)O1. The summed E-state index contributed by atoms with van der Waals surface area (Å²) in [7, 11) is -4.18. The molecule has 10 nitrogen and oxygen atoms in total. The highest BCUT2D eigenvalue weighted by Gasteiger charge is 2.40. The van der Waals surface area contributed by atoms with Gasteiger partial charge in [-0.15, -0.1) is 0 Å². The van der Waals surface area contributed by atoms with Crippen LogP contribution in [0.2, 0.25) is 0 Å². The molecule has 3 heterocycles. The average Bonchev–Trinajstić information content (AvgIpc) is 3.58. The van der Waals surface area contributed by atoms with E-state index in [2.05, 4.69) is 17.0 Å². The molecule has 1 fully saturated rings. The number of phosphoric acid groups is 1. The van der Waals surface area contributed by atoms with Gasteiger partial charge in [0.25, 0.3) is 0 Å². The van der Waals surface area contributed by atoms with Gasteiger partial charge in [0.05, 0.1) is 24.5 Å². The first kappa shape index (κ1) is 34.9. The molecule has 1 unspecified atom stereocenters. The van der Waals surface area contributed by atoms with Crippen molar-refractivity contribution in [3.05, 3.63) is 24.2 Å². The van der Waals surface area contributed by atoms with E-state index < -0.39 is 13.4 Å². The number of nitrogens with two attached hydrogens (primary N) is 1. The number of hydrogen-bond acceptors (Lipinski definition) is 8. The van der Waals surface area contributed by atoms with E-state index in [9.17, 15) is 9.46 Å². The highest BCUT2D eigenvalue weighted by Crippen LogP contribution is 2.47. The number of nitrogen functional groups attached to an aromatic ring is 1. The highest BCUT2D eigenvalue weighted by atomic mass is 31.2. The standard InChI is InChI=1S/C31H55N4O6P/c1-3-4-5-6-7-8-9-10-11-12-13-14-15-16-22-38-23-17-24-39-42(36,37)40-25-31(2)21-20-29(41-31)27-18-19-28-30(32)33-26-34-35(27)28/h18-19,26,29H,3-17,20-25H2,1-2H3,(H,36,37)(H2,32,33,34)/t29-,31+/m1/s1. The first-order chi connectivity index (χ1) is 20.3. The van der Waals surface area contributed by atoms with E-state index >= 15 is 0 Å². The normalized spacial score (nSPS) is 20.4. The molecule has 0 radical (unpaired) electrons. The zero-order valence-electron chi connectivity index (χ0n) is 26.0. The first-order valence-electron chi connectivity index (χ1n) is 16.3. The lowest BCUT2D eigenvalue weighted by Gasteiger charge is -2.25. The maximum absolute atomic E-state index is 12.4. The topological polar surface area (TPSA) is 130 Å². The predicted octanol–water partition coefficient (Wildman–Crippen LogP) is 7.94. The maximum atomic E-state index is 12.4. The zero-order valence-corrected chi connectivity index (χ0v) is 26.9. The third kappa shape index (κ3) is 12.6. The Bertz CT molecular complexity index is 1070. The molecule has 2 aromatic rings. The molecule has 11 heteroatoms. The molecule has 3 N–H and O–H groups in total. The molecule has 3 rings (SSSR count). The maximum Gasteiger partial charge on any atom is 0.472 e. The lowest BCUT2D eigenvalue weighted by atomic mass is 10.0. The summed E-state index contributed by atoms with van der Waals surface area (Å²) in [5.41, 5.74) is 6.79. The van der Waals surface area contributed by atoms with Crippen molar-refractivity contribution < 1.29 is 28.0 Å². The number of rotatable bonds is 24. The zero-order chi connectivity index (χ0) is 30.1. The third-order valence-electron chi connectivity index (χ3n) is 8.07. The molecular formula is C31H55N4O6P. The van der Waals surface area contributed by atoms with Crippen molar-refractivity contribution in [1.29, 1.82) is 0 Å². The number of aromatic nitrogens is 3. The second-order valence-electron chi connectivity index (χ2n) is 11.9. The van der Waals surface area contributed by atoms with Crippen LogP contribution in [0.25, 0.3) is 5.52 Å². The van der Waals surface area contributed by atoms with Crippen LogP contribution in [0.1, 0.15) is 135 Å². The van der Waals surface area contributed by atoms with Crippen molar-refractivity contribution in [1.82, 2.24) is 14.6 Å². The molecule has 0 bridgehead atoms. The first-order valence-corrected chi connectivity index (χ1v) is 17.8. The van der Waals surface area contributed by atoms with Gasteiger partial charge in [0.2, 0.25) is 0 Å². The second kappa shape index (κ2) is 19.0. The lowest BCUT2D eigenvalue weighted by Crippen LogP contribution is -2.30. The number of ether oxygens (including phenoxy) is 2. The molecule has 1 saturated heterocycles. The fourth-order valence-corrected chi connectivity index (χ4v) is 6.40. The quantitative estimate of drug-likeness (QED) is 0.0898. The fourth-order valence-electron chi connectivity index (χ4n) is 5.53. The Morgan fingerprint density at radius 1 is 0.952 bits per heavy atom. The summed E-state index contributed by atoms with van der Waals surface area (Å²) in [6, 6.07) is 3.78. The minimum Gasteiger partial charge on any atom is -0.382 e. The number of nitrogens with zero attached hydrogens (tertiary/aromatic N) is 3. The highest BCUT2D eigenvalue weighted by molar-refractivity contribution is 7.47. The van der Waals surface area contributed by atoms with Crippen molar-refractivity contribution >= 4 is 19.2 Å². The van der Waals surface area contributed by atoms with Crippen LogP contribution in [0, 0.1) is 0 Å². The summed E-state index contributed by atoms with van der Waals surface area (Å²) in [5.74, 6) is 0.402. The molecule has 3 atom stereocenters. The van der Waals surface area contributed by atoms with Gasteiger partial charge in [0.15, 0.2) is 5.82 Å². The smallest absolute Gasteiger partial charge is 0.382 e. The number of fused-ring (bicyclic) bond motifs is 1. The Morgan fingerprint density at radius 2 is 1.57 bits per heavy atom. The predicted molar refractivity (Wildman–Crippen MR) is 166 cm³/mol. The molecule has 240 valence electrons. The Balaban J connectivity index is 1.14. The molecule has 0 spiro atoms. The van der Waals surface area contributed by atoms with Crippen LogP contribution in [0.3, 0.4) is 0 Å². The Labute approximate surface area is 252 Å². The van der Waals surface area contributed by atoms with E-state index in [0.29, 0.717) is 25.3 Å². The number of anilines is 1. The van der Waals surface area contributed by atoms with Gasteiger partial charge in [-0.05, 0) is 44.7 Å². The minimum absolute atomic E-state index is 0.0483. The molecular weight excluding hydrogens is 555 g/mol. The van der Waals surface area contributed by atoms with Crippen LogP contribution >= 0.6 is 7.82 Å². The number of unbranched alkanes of at least 4 members (excludes halogenated alkanes) is 13. The van der Waals surface area contributed by atoms with Crippen LogP contribution < -0.4 is 5.73 Å². The minimum atomic E-state index is -4.18. The van der Waals surface area contributed by atoms with E-state index in [0.717, 1.165) is 30.7 Å². The van der Waals surface area contributed by atoms with Gasteiger partial charge >= 0.3 is 7.82 Å². The van der Waals surface area contributed by atoms with Crippen molar-refractivity contribution in [2.75, 3.05) is 32.2 Å². The summed E-state index contributed by atoms with van der Waals surface area (Å²) < 4.78 is 36.5. The number of hydrogen-bond donors (Lipinski definition) is 2. The molecule has 2 aromatic heterocycles. The van der Waals surface area contributed by atoms with Crippen molar-refractivity contribution in [3.8, 4) is 0 Å². The van der Waals surface area contributed by atoms with Gasteiger partial charge in [-0.25, -0.2) is 14.1 Å². The lowest BCUT2D eigenvalue weighted by molar-refractivity contribution is -0.0638. The van der Waals surface area contributed by atoms with E-state index in [1.54, 1.807) is 4.52 Å². The monoisotopic (exact) mass is 610 g/mol. The summed E-state index contributed by atoms with van der Waals surface area (Å²) in [5, 5.41) is 4.28. The largest absolute Gasteiger partial charge is 0.472 e. The molecule has 42 heavy (non-hydrogen) atoms. The van der Waals surface area contributed by atoms with Crippen LogP contribution in [0.4, 0.5) is 5.82 Å². The molecule has 1 aliphatic heterocycles. The van der Waals surface area contributed by atoms with E-state index in [4.69, 9.17) is 24.3 Å². The molecule has 1 aliphatic rings. The van der Waals surface area contributed by atoms with Crippen LogP contribution in [0.5, 0.6) is 0 Å². The summed E-state index contributed by atoms with van der Waals surface area (Å²) in [6.45, 7) is 5.42. The van der Waals surface area contributed by atoms with Crippen LogP contribution in [-0.2, 0) is 23.1 Å². The Hall–Kier alpha value is -1.55. The van der Waals surface area contributed by atoms with Crippen molar-refractivity contribution in [3.63, 3.8) is 0 Å².